The summed E-state index contributed by atoms with van der Waals surface area (Å²) in [4.78, 5) is 35.6. The van der Waals surface area contributed by atoms with Crippen LogP contribution in [0.1, 0.15) is 0 Å². The van der Waals surface area contributed by atoms with Gasteiger partial charge in [0.1, 0.15) is 0 Å². The van der Waals surface area contributed by atoms with Crippen LogP contribution in [0.4, 0.5) is 11.4 Å². The minimum absolute atomic E-state index is 0.0236. The van der Waals surface area contributed by atoms with E-state index < -0.39 is 23.3 Å². The Balaban J connectivity index is 1.89. The summed E-state index contributed by atoms with van der Waals surface area (Å²) in [5, 5.41) is 14.2. The number of carbonyl (C=O) groups is 2. The van der Waals surface area contributed by atoms with E-state index >= 15 is 0 Å². The molecule has 0 spiro atoms. The number of para-hydroxylation sites is 2. The van der Waals surface area contributed by atoms with E-state index in [0.29, 0.717) is 10.7 Å². The number of anilines is 1. The van der Waals surface area contributed by atoms with Crippen molar-refractivity contribution in [2.75, 3.05) is 25.5 Å². The fraction of sp³-hybridized carbons (Fsp3) is 0.176. The molecule has 2 amide bonds. The lowest BCUT2D eigenvalue weighted by molar-refractivity contribution is -0.385. The molecule has 0 fully saturated rings. The number of nitro benzene ring substituents is 1. The summed E-state index contributed by atoms with van der Waals surface area (Å²) in [6.07, 6.45) is 0. The van der Waals surface area contributed by atoms with E-state index in [2.05, 4.69) is 5.32 Å². The molecule has 2 rings (SSSR count). The van der Waals surface area contributed by atoms with Gasteiger partial charge in [0.25, 0.3) is 5.91 Å². The van der Waals surface area contributed by atoms with Crippen LogP contribution in [0.25, 0.3) is 0 Å². The first kappa shape index (κ1) is 20.5. The molecule has 0 heterocycles. The van der Waals surface area contributed by atoms with Gasteiger partial charge in [-0.05, 0) is 24.3 Å². The third kappa shape index (κ3) is 5.83. The number of rotatable bonds is 7. The molecule has 0 bridgehead atoms. The molecule has 1 N–H and O–H groups in total. The van der Waals surface area contributed by atoms with E-state index in [9.17, 15) is 19.7 Å². The Hall–Kier alpha value is -2.84. The summed E-state index contributed by atoms with van der Waals surface area (Å²) < 4.78 is 5.21. The van der Waals surface area contributed by atoms with Crippen LogP contribution in [-0.4, -0.2) is 41.8 Å². The molecule has 0 aromatic heterocycles. The van der Waals surface area contributed by atoms with Gasteiger partial charge in [0.15, 0.2) is 12.4 Å². The molecule has 8 nitrogen and oxygen atoms in total. The van der Waals surface area contributed by atoms with Gasteiger partial charge in [-0.25, -0.2) is 0 Å². The second-order valence-corrected chi connectivity index (χ2v) is 6.25. The number of amides is 2. The molecule has 0 saturated heterocycles. The highest BCUT2D eigenvalue weighted by Gasteiger charge is 2.18. The fourth-order valence-electron chi connectivity index (χ4n) is 2.06. The first-order valence-electron chi connectivity index (χ1n) is 7.63. The molecule has 0 aliphatic rings. The van der Waals surface area contributed by atoms with Crippen LogP contribution < -0.4 is 10.1 Å². The molecule has 0 atom stereocenters. The summed E-state index contributed by atoms with van der Waals surface area (Å²) >= 11 is 11.7. The third-order valence-corrected chi connectivity index (χ3v) is 4.16. The quantitative estimate of drug-likeness (QED) is 0.555. The topological polar surface area (TPSA) is 102 Å². The highest BCUT2D eigenvalue weighted by atomic mass is 35.5. The number of carbonyl (C=O) groups excluding carboxylic acids is 2. The normalized spacial score (nSPS) is 10.2. The van der Waals surface area contributed by atoms with Crippen LogP contribution >= 0.6 is 23.2 Å². The molecular formula is C17H15Cl2N3O5. The lowest BCUT2D eigenvalue weighted by atomic mass is 10.3. The highest BCUT2D eigenvalue weighted by Crippen LogP contribution is 2.26. The van der Waals surface area contributed by atoms with Crippen molar-refractivity contribution >= 4 is 46.4 Å². The zero-order valence-electron chi connectivity index (χ0n) is 14.1. The molecule has 0 saturated carbocycles. The van der Waals surface area contributed by atoms with E-state index in [-0.39, 0.29) is 23.0 Å². The van der Waals surface area contributed by atoms with E-state index in [4.69, 9.17) is 27.9 Å². The van der Waals surface area contributed by atoms with Crippen molar-refractivity contribution in [1.29, 1.82) is 0 Å². The van der Waals surface area contributed by atoms with Gasteiger partial charge in [0, 0.05) is 18.8 Å². The van der Waals surface area contributed by atoms with Gasteiger partial charge in [-0.1, -0.05) is 35.3 Å². The van der Waals surface area contributed by atoms with Crippen LogP contribution in [0.2, 0.25) is 10.0 Å². The molecular weight excluding hydrogens is 397 g/mol. The van der Waals surface area contributed by atoms with Crippen molar-refractivity contribution in [2.45, 2.75) is 0 Å². The monoisotopic (exact) mass is 411 g/mol. The average molecular weight is 412 g/mol. The van der Waals surface area contributed by atoms with Crippen molar-refractivity contribution in [3.63, 3.8) is 0 Å². The number of nitro groups is 1. The molecule has 27 heavy (non-hydrogen) atoms. The van der Waals surface area contributed by atoms with Gasteiger partial charge in [-0.2, -0.15) is 0 Å². The summed E-state index contributed by atoms with van der Waals surface area (Å²) in [6.45, 7) is -0.680. The van der Waals surface area contributed by atoms with Gasteiger partial charge in [-0.15, -0.1) is 0 Å². The summed E-state index contributed by atoms with van der Waals surface area (Å²) in [5.41, 5.74) is 0.191. The van der Waals surface area contributed by atoms with Gasteiger partial charge in [-0.3, -0.25) is 19.7 Å². The van der Waals surface area contributed by atoms with Crippen molar-refractivity contribution in [2.24, 2.45) is 0 Å². The zero-order valence-corrected chi connectivity index (χ0v) is 15.7. The maximum atomic E-state index is 12.1. The van der Waals surface area contributed by atoms with Crippen LogP contribution in [0.5, 0.6) is 5.75 Å². The van der Waals surface area contributed by atoms with Crippen molar-refractivity contribution in [3.8, 4) is 5.75 Å². The van der Waals surface area contributed by atoms with Crippen LogP contribution in [0, 0.1) is 10.1 Å². The van der Waals surface area contributed by atoms with Gasteiger partial charge >= 0.3 is 5.69 Å². The Kier molecular flexibility index (Phi) is 6.98. The number of likely N-dealkylation sites (N-methyl/N-ethyl adjacent to an activating group) is 1. The van der Waals surface area contributed by atoms with Crippen LogP contribution in [-0.2, 0) is 9.59 Å². The van der Waals surface area contributed by atoms with Crippen LogP contribution in [0.15, 0.2) is 42.5 Å². The predicted octanol–water partition coefficient (Wildman–Crippen LogP) is 3.38. The van der Waals surface area contributed by atoms with E-state index in [1.54, 1.807) is 12.1 Å². The number of benzene rings is 2. The molecule has 142 valence electrons. The number of nitrogens with one attached hydrogen (secondary N) is 1. The number of hydrogen-bond donors (Lipinski definition) is 1. The van der Waals surface area contributed by atoms with Crippen molar-refractivity contribution in [1.82, 2.24) is 4.90 Å². The minimum atomic E-state index is -0.603. The minimum Gasteiger partial charge on any atom is -0.477 e. The summed E-state index contributed by atoms with van der Waals surface area (Å²) in [7, 11) is 1.42. The first-order chi connectivity index (χ1) is 12.8. The second kappa shape index (κ2) is 9.20. The number of nitrogens with zero attached hydrogens (tertiary/aromatic N) is 2. The Bertz CT molecular complexity index is 875. The molecule has 0 aliphatic carbocycles. The predicted molar refractivity (Wildman–Crippen MR) is 101 cm³/mol. The van der Waals surface area contributed by atoms with Gasteiger partial charge in [0.2, 0.25) is 5.91 Å². The molecule has 0 aliphatic heterocycles. The van der Waals surface area contributed by atoms with Crippen molar-refractivity contribution in [3.05, 3.63) is 62.6 Å². The summed E-state index contributed by atoms with van der Waals surface area (Å²) in [6, 6.07) is 10.3. The first-order valence-corrected chi connectivity index (χ1v) is 8.38. The third-order valence-electron chi connectivity index (χ3n) is 3.42. The molecule has 2 aromatic rings. The number of ether oxygens (including phenoxy) is 1. The lowest BCUT2D eigenvalue weighted by Gasteiger charge is -2.17. The Morgan fingerprint density at radius 2 is 1.89 bits per heavy atom. The van der Waals surface area contributed by atoms with Crippen molar-refractivity contribution < 1.29 is 19.2 Å². The van der Waals surface area contributed by atoms with Gasteiger partial charge in [0.05, 0.1) is 21.5 Å². The second-order valence-electron chi connectivity index (χ2n) is 5.44. The number of halogens is 2. The largest absolute Gasteiger partial charge is 0.477 e. The summed E-state index contributed by atoms with van der Waals surface area (Å²) in [5.74, 6) is -0.989. The Labute approximate surface area is 164 Å². The molecule has 0 radical (unpaired) electrons. The SMILES string of the molecule is CN(CC(=O)Nc1ccc(Cl)c(Cl)c1)C(=O)COc1ccccc1[N+](=O)[O-]. The maximum Gasteiger partial charge on any atom is 0.310 e. The van der Waals surface area contributed by atoms with Crippen LogP contribution in [0.3, 0.4) is 0 Å². The molecule has 10 heteroatoms. The zero-order chi connectivity index (χ0) is 20.0. The number of hydrogen-bond acceptors (Lipinski definition) is 5. The van der Waals surface area contributed by atoms with E-state index in [1.807, 2.05) is 0 Å². The highest BCUT2D eigenvalue weighted by molar-refractivity contribution is 6.42. The van der Waals surface area contributed by atoms with Gasteiger partial charge < -0.3 is 15.0 Å². The fourth-order valence-corrected chi connectivity index (χ4v) is 2.36. The molecule has 0 unspecified atom stereocenters. The van der Waals surface area contributed by atoms with E-state index in [1.165, 1.54) is 37.4 Å². The lowest BCUT2D eigenvalue weighted by Crippen LogP contribution is -2.37. The molecule has 2 aromatic carbocycles. The van der Waals surface area contributed by atoms with E-state index in [0.717, 1.165) is 4.90 Å². The Morgan fingerprint density at radius 1 is 1.19 bits per heavy atom. The standard InChI is InChI=1S/C17H15Cl2N3O5/c1-21(9-16(23)20-11-6-7-12(18)13(19)8-11)17(24)10-27-15-5-3-2-4-14(15)22(25)26/h2-8H,9-10H2,1H3,(H,20,23). The Morgan fingerprint density at radius 3 is 2.56 bits per heavy atom. The average Bonchev–Trinajstić information content (AvgIpc) is 2.62. The maximum absolute atomic E-state index is 12.1. The smallest absolute Gasteiger partial charge is 0.310 e.